The molecule has 1 atom stereocenters. The number of rotatable bonds is 7. The fourth-order valence-electron chi connectivity index (χ4n) is 4.14. The van der Waals surface area contributed by atoms with Gasteiger partial charge in [0.05, 0.1) is 0 Å². The fraction of sp³-hybridized carbons (Fsp3) is 0.682. The first-order valence-corrected chi connectivity index (χ1v) is 10.7. The number of carbonyl (C=O) groups excluding carboxylic acids is 1. The van der Waals surface area contributed by atoms with Crippen molar-refractivity contribution < 1.29 is 14.6 Å². The summed E-state index contributed by atoms with van der Waals surface area (Å²) in [5, 5.41) is 10.4. The zero-order valence-electron chi connectivity index (χ0n) is 17.2. The Morgan fingerprint density at radius 2 is 1.75 bits per heavy atom. The molecule has 0 bridgehead atoms. The number of aliphatic hydroxyl groups is 1. The van der Waals surface area contributed by atoms with Crippen molar-refractivity contribution in [3.05, 3.63) is 29.8 Å². The molecule has 156 valence electrons. The molecule has 2 aliphatic rings. The van der Waals surface area contributed by atoms with E-state index in [2.05, 4.69) is 15.9 Å². The highest BCUT2D eigenvalue weighted by Crippen LogP contribution is 2.21. The van der Waals surface area contributed by atoms with E-state index in [-0.39, 0.29) is 5.91 Å². The summed E-state index contributed by atoms with van der Waals surface area (Å²) in [7, 11) is 0. The van der Waals surface area contributed by atoms with Crippen LogP contribution < -0.4 is 4.74 Å². The van der Waals surface area contributed by atoms with Gasteiger partial charge in [-0.1, -0.05) is 24.6 Å². The molecule has 28 heavy (non-hydrogen) atoms. The SMILES string of the molecule is CC(=O)N1CCCN(Cc2ccccc2OC[C@@H](O)CN2CCCCC2)CC1. The second-order valence-corrected chi connectivity index (χ2v) is 8.07. The quantitative estimate of drug-likeness (QED) is 0.773. The van der Waals surface area contributed by atoms with Gasteiger partial charge >= 0.3 is 0 Å². The number of ether oxygens (including phenoxy) is 1. The topological polar surface area (TPSA) is 56.3 Å². The van der Waals surface area contributed by atoms with Gasteiger partial charge in [0.1, 0.15) is 18.5 Å². The monoisotopic (exact) mass is 389 g/mol. The molecule has 1 aromatic rings. The molecule has 6 nitrogen and oxygen atoms in total. The van der Waals surface area contributed by atoms with Crippen LogP contribution in [-0.2, 0) is 11.3 Å². The molecule has 1 aromatic carbocycles. The number of likely N-dealkylation sites (tertiary alicyclic amines) is 1. The van der Waals surface area contributed by atoms with Crippen molar-refractivity contribution in [3.63, 3.8) is 0 Å². The van der Waals surface area contributed by atoms with E-state index < -0.39 is 6.10 Å². The van der Waals surface area contributed by atoms with E-state index in [1.54, 1.807) is 6.92 Å². The van der Waals surface area contributed by atoms with E-state index in [9.17, 15) is 9.90 Å². The Labute approximate surface area is 169 Å². The van der Waals surface area contributed by atoms with Gasteiger partial charge in [0.25, 0.3) is 0 Å². The van der Waals surface area contributed by atoms with Crippen molar-refractivity contribution in [1.29, 1.82) is 0 Å². The van der Waals surface area contributed by atoms with Gasteiger partial charge in [-0.2, -0.15) is 0 Å². The van der Waals surface area contributed by atoms with Crippen LogP contribution in [0.2, 0.25) is 0 Å². The number of piperidine rings is 1. The van der Waals surface area contributed by atoms with Gasteiger partial charge in [0.2, 0.25) is 5.91 Å². The largest absolute Gasteiger partial charge is 0.491 e. The Kier molecular flexibility index (Phi) is 8.13. The second kappa shape index (κ2) is 10.8. The molecule has 6 heteroatoms. The number of aliphatic hydroxyl groups excluding tert-OH is 1. The molecular weight excluding hydrogens is 354 g/mol. The van der Waals surface area contributed by atoms with Crippen LogP contribution in [0.5, 0.6) is 5.75 Å². The Morgan fingerprint density at radius 1 is 1.00 bits per heavy atom. The Balaban J connectivity index is 1.50. The summed E-state index contributed by atoms with van der Waals surface area (Å²) in [6.45, 7) is 9.12. The Bertz CT molecular complexity index is 619. The van der Waals surface area contributed by atoms with Crippen molar-refractivity contribution in [2.75, 3.05) is 52.4 Å². The van der Waals surface area contributed by atoms with Crippen LogP contribution in [0.25, 0.3) is 0 Å². The van der Waals surface area contributed by atoms with Crippen LogP contribution >= 0.6 is 0 Å². The second-order valence-electron chi connectivity index (χ2n) is 8.07. The third kappa shape index (κ3) is 6.47. The van der Waals surface area contributed by atoms with Gasteiger partial charge in [-0.05, 0) is 38.4 Å². The molecule has 2 saturated heterocycles. The summed E-state index contributed by atoms with van der Waals surface area (Å²) in [5.74, 6) is 1.01. The lowest BCUT2D eigenvalue weighted by Crippen LogP contribution is -2.38. The molecule has 1 N–H and O–H groups in total. The van der Waals surface area contributed by atoms with Crippen LogP contribution in [0.3, 0.4) is 0 Å². The standard InChI is InChI=1S/C22H35N3O3/c1-19(26)25-13-7-12-24(14-15-25)16-20-8-3-4-9-22(20)28-18-21(27)17-23-10-5-2-6-11-23/h3-4,8-9,21,27H,2,5-7,10-18H2,1H3/t21-/m0/s1. The van der Waals surface area contributed by atoms with Gasteiger partial charge in [-0.3, -0.25) is 9.69 Å². The lowest BCUT2D eigenvalue weighted by molar-refractivity contribution is -0.128. The third-order valence-electron chi connectivity index (χ3n) is 5.75. The van der Waals surface area contributed by atoms with Crippen molar-refractivity contribution in [2.45, 2.75) is 45.3 Å². The number of benzene rings is 1. The Morgan fingerprint density at radius 3 is 2.54 bits per heavy atom. The number of carbonyl (C=O) groups is 1. The van der Waals surface area contributed by atoms with E-state index in [4.69, 9.17) is 4.74 Å². The zero-order valence-corrected chi connectivity index (χ0v) is 17.2. The van der Waals surface area contributed by atoms with Gasteiger partial charge < -0.3 is 19.6 Å². The van der Waals surface area contributed by atoms with Crippen LogP contribution in [0, 0.1) is 0 Å². The van der Waals surface area contributed by atoms with Gasteiger partial charge in [-0.25, -0.2) is 0 Å². The van der Waals surface area contributed by atoms with Gasteiger partial charge in [0.15, 0.2) is 0 Å². The van der Waals surface area contributed by atoms with Crippen molar-refractivity contribution >= 4 is 5.91 Å². The van der Waals surface area contributed by atoms with Gasteiger partial charge in [0, 0.05) is 51.8 Å². The maximum atomic E-state index is 11.6. The normalized spacial score (nSPS) is 20.6. The number of nitrogens with zero attached hydrogens (tertiary/aromatic N) is 3. The molecule has 2 fully saturated rings. The molecular formula is C22H35N3O3. The maximum Gasteiger partial charge on any atom is 0.219 e. The lowest BCUT2D eigenvalue weighted by Gasteiger charge is -2.28. The highest BCUT2D eigenvalue weighted by molar-refractivity contribution is 5.73. The average Bonchev–Trinajstić information content (AvgIpc) is 2.94. The maximum absolute atomic E-state index is 11.6. The van der Waals surface area contributed by atoms with Crippen molar-refractivity contribution in [2.24, 2.45) is 0 Å². The number of amides is 1. The highest BCUT2D eigenvalue weighted by atomic mass is 16.5. The molecule has 2 heterocycles. The lowest BCUT2D eigenvalue weighted by atomic mass is 10.1. The molecule has 3 rings (SSSR count). The minimum absolute atomic E-state index is 0.160. The molecule has 0 radical (unpaired) electrons. The minimum atomic E-state index is -0.464. The van der Waals surface area contributed by atoms with E-state index in [1.807, 2.05) is 23.1 Å². The summed E-state index contributed by atoms with van der Waals surface area (Å²) < 4.78 is 6.00. The summed E-state index contributed by atoms with van der Waals surface area (Å²) in [4.78, 5) is 18.3. The van der Waals surface area contributed by atoms with E-state index in [0.717, 1.165) is 63.5 Å². The molecule has 0 saturated carbocycles. The molecule has 2 aliphatic heterocycles. The summed E-state index contributed by atoms with van der Waals surface area (Å²) >= 11 is 0. The smallest absolute Gasteiger partial charge is 0.219 e. The zero-order chi connectivity index (χ0) is 19.8. The van der Waals surface area contributed by atoms with E-state index >= 15 is 0 Å². The average molecular weight is 390 g/mol. The molecule has 0 unspecified atom stereocenters. The first kappa shape index (κ1) is 21.1. The number of β-amino-alcohol motifs (C(OH)–C–C–N with tert-alkyl or cyclic N) is 1. The van der Waals surface area contributed by atoms with Crippen LogP contribution in [0.4, 0.5) is 0 Å². The predicted molar refractivity (Wildman–Crippen MR) is 110 cm³/mol. The minimum Gasteiger partial charge on any atom is -0.491 e. The summed E-state index contributed by atoms with van der Waals surface area (Å²) in [5.41, 5.74) is 1.14. The van der Waals surface area contributed by atoms with Crippen LogP contribution in [0.15, 0.2) is 24.3 Å². The van der Waals surface area contributed by atoms with E-state index in [0.29, 0.717) is 13.2 Å². The number of para-hydroxylation sites is 1. The van der Waals surface area contributed by atoms with Gasteiger partial charge in [-0.15, -0.1) is 0 Å². The third-order valence-corrected chi connectivity index (χ3v) is 5.75. The predicted octanol–water partition coefficient (Wildman–Crippen LogP) is 1.97. The number of hydrogen-bond donors (Lipinski definition) is 1. The fourth-order valence-corrected chi connectivity index (χ4v) is 4.14. The van der Waals surface area contributed by atoms with Crippen LogP contribution in [-0.4, -0.2) is 84.2 Å². The summed E-state index contributed by atoms with van der Waals surface area (Å²) in [6, 6.07) is 8.10. The van der Waals surface area contributed by atoms with E-state index in [1.165, 1.54) is 19.3 Å². The van der Waals surface area contributed by atoms with Crippen molar-refractivity contribution in [1.82, 2.24) is 14.7 Å². The first-order valence-electron chi connectivity index (χ1n) is 10.7. The molecule has 1 amide bonds. The Hall–Kier alpha value is -1.63. The molecule has 0 aromatic heterocycles. The summed E-state index contributed by atoms with van der Waals surface area (Å²) in [6.07, 6.45) is 4.29. The van der Waals surface area contributed by atoms with Crippen molar-refractivity contribution in [3.8, 4) is 5.75 Å². The van der Waals surface area contributed by atoms with Crippen LogP contribution in [0.1, 0.15) is 38.2 Å². The molecule has 0 aliphatic carbocycles. The number of hydrogen-bond acceptors (Lipinski definition) is 5. The highest BCUT2D eigenvalue weighted by Gasteiger charge is 2.19. The first-order chi connectivity index (χ1) is 13.6. The molecule has 0 spiro atoms.